The molecule has 1 rings (SSSR count). The Balaban J connectivity index is 2.68. The van der Waals surface area contributed by atoms with Gasteiger partial charge in [0.15, 0.2) is 0 Å². The molecule has 5 nitrogen and oxygen atoms in total. The maximum atomic E-state index is 10.5. The number of hydrogen-bond acceptors (Lipinski definition) is 4. The Hall–Kier alpha value is -1.53. The van der Waals surface area contributed by atoms with E-state index in [0.717, 1.165) is 0 Å². The SMILES string of the molecule is CC(Nc1ccc(B(O)O)cc1)C(=O)O. The highest BCUT2D eigenvalue weighted by Gasteiger charge is 2.12. The first kappa shape index (κ1) is 11.5. The van der Waals surface area contributed by atoms with Crippen LogP contribution in [-0.2, 0) is 4.79 Å². The lowest BCUT2D eigenvalue weighted by Crippen LogP contribution is -2.30. The molecule has 6 heteroatoms. The van der Waals surface area contributed by atoms with E-state index in [-0.39, 0.29) is 0 Å². The Kier molecular flexibility index (Phi) is 3.71. The van der Waals surface area contributed by atoms with Crippen molar-refractivity contribution in [1.82, 2.24) is 0 Å². The van der Waals surface area contributed by atoms with Crippen molar-refractivity contribution in [3.8, 4) is 0 Å². The Morgan fingerprint density at radius 2 is 1.87 bits per heavy atom. The standard InChI is InChI=1S/C9H12BNO4/c1-6(9(12)13)11-8-4-2-7(3-5-8)10(14)15/h2-6,11,14-15H,1H3,(H,12,13). The molecule has 4 N–H and O–H groups in total. The lowest BCUT2D eigenvalue weighted by atomic mass is 9.80. The monoisotopic (exact) mass is 209 g/mol. The van der Waals surface area contributed by atoms with Crippen molar-refractivity contribution in [2.24, 2.45) is 0 Å². The number of rotatable bonds is 4. The summed E-state index contributed by atoms with van der Waals surface area (Å²) < 4.78 is 0. The third-order valence-electron chi connectivity index (χ3n) is 1.96. The molecule has 0 aromatic heterocycles. The molecule has 0 saturated heterocycles. The van der Waals surface area contributed by atoms with Gasteiger partial charge in [-0.1, -0.05) is 12.1 Å². The fourth-order valence-corrected chi connectivity index (χ4v) is 1.06. The van der Waals surface area contributed by atoms with Crippen LogP contribution in [0.15, 0.2) is 24.3 Å². The molecule has 1 unspecified atom stereocenters. The molecule has 0 fully saturated rings. The quantitative estimate of drug-likeness (QED) is 0.490. The first-order valence-corrected chi connectivity index (χ1v) is 4.46. The molecular formula is C9H12BNO4. The number of carbonyl (C=O) groups is 1. The minimum atomic E-state index is -1.50. The average Bonchev–Trinajstić information content (AvgIpc) is 2.18. The van der Waals surface area contributed by atoms with E-state index in [1.165, 1.54) is 19.1 Å². The highest BCUT2D eigenvalue weighted by Crippen LogP contribution is 2.06. The molecule has 0 heterocycles. The van der Waals surface area contributed by atoms with Gasteiger partial charge in [-0.25, -0.2) is 0 Å². The van der Waals surface area contributed by atoms with Crippen molar-refractivity contribution in [1.29, 1.82) is 0 Å². The van der Waals surface area contributed by atoms with E-state index in [1.807, 2.05) is 0 Å². The largest absolute Gasteiger partial charge is 0.488 e. The van der Waals surface area contributed by atoms with Crippen LogP contribution in [0.2, 0.25) is 0 Å². The molecule has 1 aromatic carbocycles. The Bertz CT molecular complexity index is 338. The van der Waals surface area contributed by atoms with Crippen LogP contribution in [-0.4, -0.2) is 34.3 Å². The number of anilines is 1. The summed E-state index contributed by atoms with van der Waals surface area (Å²) >= 11 is 0. The topological polar surface area (TPSA) is 89.8 Å². The molecule has 0 aliphatic heterocycles. The van der Waals surface area contributed by atoms with Gasteiger partial charge in [-0.05, 0) is 24.5 Å². The van der Waals surface area contributed by atoms with E-state index >= 15 is 0 Å². The van der Waals surface area contributed by atoms with Crippen molar-refractivity contribution >= 4 is 24.2 Å². The van der Waals surface area contributed by atoms with Gasteiger partial charge in [0.1, 0.15) is 6.04 Å². The maximum Gasteiger partial charge on any atom is 0.488 e. The van der Waals surface area contributed by atoms with Crippen molar-refractivity contribution in [2.45, 2.75) is 13.0 Å². The molecular weight excluding hydrogens is 197 g/mol. The van der Waals surface area contributed by atoms with Crippen LogP contribution in [0.3, 0.4) is 0 Å². The molecule has 0 amide bonds. The maximum absolute atomic E-state index is 10.5. The van der Waals surface area contributed by atoms with Gasteiger partial charge >= 0.3 is 13.1 Å². The van der Waals surface area contributed by atoms with E-state index in [1.54, 1.807) is 12.1 Å². The Morgan fingerprint density at radius 3 is 2.27 bits per heavy atom. The zero-order chi connectivity index (χ0) is 11.4. The van der Waals surface area contributed by atoms with Crippen molar-refractivity contribution in [3.05, 3.63) is 24.3 Å². The molecule has 1 aromatic rings. The zero-order valence-corrected chi connectivity index (χ0v) is 8.21. The van der Waals surface area contributed by atoms with Crippen molar-refractivity contribution in [3.63, 3.8) is 0 Å². The summed E-state index contributed by atoms with van der Waals surface area (Å²) in [5.74, 6) is -0.943. The second kappa shape index (κ2) is 4.81. The number of aliphatic carboxylic acids is 1. The molecule has 0 aliphatic carbocycles. The minimum Gasteiger partial charge on any atom is -0.480 e. The van der Waals surface area contributed by atoms with Crippen molar-refractivity contribution in [2.75, 3.05) is 5.32 Å². The third kappa shape index (κ3) is 3.27. The molecule has 0 bridgehead atoms. The molecule has 80 valence electrons. The van der Waals surface area contributed by atoms with Crippen molar-refractivity contribution < 1.29 is 19.9 Å². The molecule has 0 spiro atoms. The van der Waals surface area contributed by atoms with Crippen LogP contribution in [0, 0.1) is 0 Å². The summed E-state index contributed by atoms with van der Waals surface area (Å²) in [7, 11) is -1.50. The zero-order valence-electron chi connectivity index (χ0n) is 8.21. The van der Waals surface area contributed by atoms with Crippen LogP contribution < -0.4 is 10.8 Å². The summed E-state index contributed by atoms with van der Waals surface area (Å²) in [6.07, 6.45) is 0. The van der Waals surface area contributed by atoms with Crippen LogP contribution in [0.5, 0.6) is 0 Å². The van der Waals surface area contributed by atoms with Gasteiger partial charge < -0.3 is 20.5 Å². The lowest BCUT2D eigenvalue weighted by molar-refractivity contribution is -0.137. The normalized spacial score (nSPS) is 11.9. The highest BCUT2D eigenvalue weighted by atomic mass is 16.4. The summed E-state index contributed by atoms with van der Waals surface area (Å²) in [6.45, 7) is 1.52. The molecule has 0 radical (unpaired) electrons. The van der Waals surface area contributed by atoms with Crippen LogP contribution in [0.1, 0.15) is 6.92 Å². The van der Waals surface area contributed by atoms with E-state index in [0.29, 0.717) is 11.2 Å². The highest BCUT2D eigenvalue weighted by molar-refractivity contribution is 6.58. The summed E-state index contributed by atoms with van der Waals surface area (Å²) in [5.41, 5.74) is 0.984. The van der Waals surface area contributed by atoms with E-state index < -0.39 is 19.1 Å². The van der Waals surface area contributed by atoms with Gasteiger partial charge in [0.05, 0.1) is 0 Å². The first-order chi connectivity index (χ1) is 7.00. The second-order valence-corrected chi connectivity index (χ2v) is 3.20. The number of benzene rings is 1. The molecule has 0 aliphatic rings. The summed E-state index contributed by atoms with van der Waals surface area (Å²) in [6, 6.07) is 5.53. The van der Waals surface area contributed by atoms with Crippen LogP contribution >= 0.6 is 0 Å². The number of carboxylic acids is 1. The summed E-state index contributed by atoms with van der Waals surface area (Å²) in [5, 5.41) is 29.0. The second-order valence-electron chi connectivity index (χ2n) is 3.20. The number of carboxylic acid groups (broad SMARTS) is 1. The van der Waals surface area contributed by atoms with E-state index in [4.69, 9.17) is 15.2 Å². The van der Waals surface area contributed by atoms with Gasteiger partial charge in [-0.2, -0.15) is 0 Å². The van der Waals surface area contributed by atoms with Gasteiger partial charge in [0.25, 0.3) is 0 Å². The Morgan fingerprint density at radius 1 is 1.33 bits per heavy atom. The Labute approximate surface area is 87.5 Å². The fourth-order valence-electron chi connectivity index (χ4n) is 1.06. The predicted octanol–water partition coefficient (Wildman–Crippen LogP) is -0.749. The molecule has 1 atom stereocenters. The van der Waals surface area contributed by atoms with Crippen LogP contribution in [0.25, 0.3) is 0 Å². The average molecular weight is 209 g/mol. The lowest BCUT2D eigenvalue weighted by Gasteiger charge is -2.10. The molecule has 0 saturated carbocycles. The summed E-state index contributed by atoms with van der Waals surface area (Å²) in [4.78, 5) is 10.5. The van der Waals surface area contributed by atoms with E-state index in [2.05, 4.69) is 5.32 Å². The minimum absolute atomic E-state index is 0.364. The van der Waals surface area contributed by atoms with Gasteiger partial charge in [-0.15, -0.1) is 0 Å². The smallest absolute Gasteiger partial charge is 0.480 e. The molecule has 15 heavy (non-hydrogen) atoms. The van der Waals surface area contributed by atoms with E-state index in [9.17, 15) is 4.79 Å². The number of nitrogens with one attached hydrogen (secondary N) is 1. The third-order valence-corrected chi connectivity index (χ3v) is 1.96. The van der Waals surface area contributed by atoms with Gasteiger partial charge in [0, 0.05) is 5.69 Å². The first-order valence-electron chi connectivity index (χ1n) is 4.46. The number of hydrogen-bond donors (Lipinski definition) is 4. The fraction of sp³-hybridized carbons (Fsp3) is 0.222. The predicted molar refractivity (Wildman–Crippen MR) is 57.0 cm³/mol. The van der Waals surface area contributed by atoms with Gasteiger partial charge in [-0.3, -0.25) is 4.79 Å². The van der Waals surface area contributed by atoms with Crippen LogP contribution in [0.4, 0.5) is 5.69 Å². The van der Waals surface area contributed by atoms with Gasteiger partial charge in [0.2, 0.25) is 0 Å².